The van der Waals surface area contributed by atoms with Gasteiger partial charge in [0.15, 0.2) is 0 Å². The van der Waals surface area contributed by atoms with Gasteiger partial charge in [0, 0.05) is 17.0 Å². The Morgan fingerprint density at radius 2 is 1.89 bits per heavy atom. The monoisotopic (exact) mass is 241 g/mol. The molecule has 1 unspecified atom stereocenters. The van der Waals surface area contributed by atoms with Crippen molar-refractivity contribution in [2.45, 2.75) is 26.0 Å². The summed E-state index contributed by atoms with van der Waals surface area (Å²) in [5.74, 6) is 0.871. The van der Waals surface area contributed by atoms with Crippen LogP contribution in [0.25, 0.3) is 10.8 Å². The zero-order chi connectivity index (χ0) is 13.1. The van der Waals surface area contributed by atoms with Gasteiger partial charge in [-0.1, -0.05) is 49.1 Å². The van der Waals surface area contributed by atoms with Crippen molar-refractivity contribution in [1.29, 1.82) is 0 Å². The predicted molar refractivity (Wildman–Crippen MR) is 76.8 cm³/mol. The molecule has 2 aromatic rings. The van der Waals surface area contributed by atoms with Crippen molar-refractivity contribution >= 4 is 10.8 Å². The molecule has 2 heteroatoms. The number of hydrogen-bond donors (Lipinski definition) is 1. The van der Waals surface area contributed by atoms with Crippen LogP contribution >= 0.6 is 0 Å². The minimum absolute atomic E-state index is 0.0340. The number of ether oxygens (including phenoxy) is 1. The minimum Gasteiger partial charge on any atom is -0.486 e. The molecule has 2 N–H and O–H groups in total. The Bertz CT molecular complexity index is 560. The average molecular weight is 241 g/mol. The minimum atomic E-state index is -0.0541. The van der Waals surface area contributed by atoms with E-state index in [0.29, 0.717) is 0 Å². The molecule has 2 rings (SSSR count). The maximum atomic E-state index is 6.02. The van der Waals surface area contributed by atoms with Crippen LogP contribution in [0, 0.1) is 0 Å². The highest BCUT2D eigenvalue weighted by Gasteiger charge is 2.13. The Morgan fingerprint density at radius 1 is 1.17 bits per heavy atom. The van der Waals surface area contributed by atoms with Crippen molar-refractivity contribution in [3.8, 4) is 5.75 Å². The summed E-state index contributed by atoms with van der Waals surface area (Å²) in [5, 5.41) is 2.26. The second-order valence-corrected chi connectivity index (χ2v) is 4.55. The molecule has 0 aromatic heterocycles. The third kappa shape index (κ3) is 2.39. The third-order valence-corrected chi connectivity index (χ3v) is 3.04. The molecule has 0 spiro atoms. The largest absolute Gasteiger partial charge is 0.486 e. The number of hydrogen-bond acceptors (Lipinski definition) is 2. The summed E-state index contributed by atoms with van der Waals surface area (Å²) in [6.07, 6.45) is 1.75. The quantitative estimate of drug-likeness (QED) is 0.826. The van der Waals surface area contributed by atoms with E-state index in [1.807, 2.05) is 32.0 Å². The first-order chi connectivity index (χ1) is 8.63. The number of nitrogens with two attached hydrogens (primary N) is 1. The second-order valence-electron chi connectivity index (χ2n) is 4.55. The lowest BCUT2D eigenvalue weighted by molar-refractivity contribution is 0.270. The molecule has 0 fully saturated rings. The van der Waals surface area contributed by atoms with Gasteiger partial charge < -0.3 is 10.5 Å². The lowest BCUT2D eigenvalue weighted by Gasteiger charge is -2.19. The van der Waals surface area contributed by atoms with Crippen LogP contribution < -0.4 is 10.5 Å². The summed E-state index contributed by atoms with van der Waals surface area (Å²) in [6, 6.07) is 12.2. The van der Waals surface area contributed by atoms with Gasteiger partial charge in [-0.25, -0.2) is 0 Å². The predicted octanol–water partition coefficient (Wildman–Crippen LogP) is 3.81. The number of fused-ring (bicyclic) bond motifs is 1. The lowest BCUT2D eigenvalue weighted by atomic mass is 10.0. The first kappa shape index (κ1) is 12.7. The molecule has 94 valence electrons. The van der Waals surface area contributed by atoms with E-state index in [9.17, 15) is 0 Å². The van der Waals surface area contributed by atoms with Gasteiger partial charge in [0.2, 0.25) is 0 Å². The molecule has 2 aromatic carbocycles. The van der Waals surface area contributed by atoms with E-state index in [0.717, 1.165) is 22.1 Å². The van der Waals surface area contributed by atoms with Crippen LogP contribution in [0.3, 0.4) is 0 Å². The molecule has 0 aliphatic carbocycles. The van der Waals surface area contributed by atoms with Gasteiger partial charge in [0.1, 0.15) is 11.9 Å². The van der Waals surface area contributed by atoms with Gasteiger partial charge >= 0.3 is 0 Å². The lowest BCUT2D eigenvalue weighted by Crippen LogP contribution is -2.13. The maximum Gasteiger partial charge on any atom is 0.132 e. The maximum absolute atomic E-state index is 6.02. The Hall–Kier alpha value is -1.80. The molecule has 0 aliphatic heterocycles. The van der Waals surface area contributed by atoms with E-state index in [-0.39, 0.29) is 12.1 Å². The highest BCUT2D eigenvalue weighted by molar-refractivity contribution is 5.89. The van der Waals surface area contributed by atoms with Crippen molar-refractivity contribution < 1.29 is 4.74 Å². The van der Waals surface area contributed by atoms with E-state index in [1.54, 1.807) is 6.08 Å². The van der Waals surface area contributed by atoms with Gasteiger partial charge in [-0.3, -0.25) is 0 Å². The van der Waals surface area contributed by atoms with Gasteiger partial charge in [0.05, 0.1) is 0 Å². The van der Waals surface area contributed by atoms with Gasteiger partial charge in [-0.05, 0) is 19.2 Å². The molecule has 0 aliphatic rings. The Labute approximate surface area is 108 Å². The molecular weight excluding hydrogens is 222 g/mol. The van der Waals surface area contributed by atoms with Crippen LogP contribution in [-0.2, 0) is 0 Å². The second kappa shape index (κ2) is 5.23. The Kier molecular flexibility index (Phi) is 3.68. The summed E-state index contributed by atoms with van der Waals surface area (Å²) in [6.45, 7) is 7.69. The Balaban J connectivity index is 2.62. The van der Waals surface area contributed by atoms with Crippen LogP contribution in [0.1, 0.15) is 25.5 Å². The van der Waals surface area contributed by atoms with Crippen molar-refractivity contribution in [2.24, 2.45) is 5.73 Å². The highest BCUT2D eigenvalue weighted by Crippen LogP contribution is 2.33. The van der Waals surface area contributed by atoms with Crippen LogP contribution in [0.4, 0.5) is 0 Å². The van der Waals surface area contributed by atoms with E-state index >= 15 is 0 Å². The first-order valence-electron chi connectivity index (χ1n) is 6.20. The molecule has 0 radical (unpaired) electrons. The fourth-order valence-electron chi connectivity index (χ4n) is 1.98. The van der Waals surface area contributed by atoms with Crippen molar-refractivity contribution in [2.75, 3.05) is 0 Å². The normalized spacial score (nSPS) is 14.2. The molecular formula is C16H19NO. The molecule has 0 amide bonds. The van der Waals surface area contributed by atoms with Gasteiger partial charge in [-0.15, -0.1) is 0 Å². The topological polar surface area (TPSA) is 35.2 Å². The number of rotatable bonds is 4. The van der Waals surface area contributed by atoms with E-state index in [1.165, 1.54) is 0 Å². The Morgan fingerprint density at radius 3 is 2.56 bits per heavy atom. The standard InChI is InChI=1S/C16H19NO/c1-4-11(2)18-16-14(12(3)17)10-9-13-7-5-6-8-15(13)16/h4-12H,1,17H2,2-3H3/t11?,12-/m0/s1. The SMILES string of the molecule is C=CC(C)Oc1c([C@H](C)N)ccc2ccccc12. The molecule has 18 heavy (non-hydrogen) atoms. The van der Waals surface area contributed by atoms with E-state index in [2.05, 4.69) is 24.8 Å². The summed E-state index contributed by atoms with van der Waals surface area (Å²) in [7, 11) is 0. The third-order valence-electron chi connectivity index (χ3n) is 3.04. The molecule has 0 bridgehead atoms. The van der Waals surface area contributed by atoms with Gasteiger partial charge in [0.25, 0.3) is 0 Å². The molecule has 2 nitrogen and oxygen atoms in total. The summed E-state index contributed by atoms with van der Waals surface area (Å²) < 4.78 is 5.97. The molecule has 0 heterocycles. The van der Waals surface area contributed by atoms with E-state index < -0.39 is 0 Å². The van der Waals surface area contributed by atoms with Gasteiger partial charge in [-0.2, -0.15) is 0 Å². The van der Waals surface area contributed by atoms with Crippen molar-refractivity contribution in [3.63, 3.8) is 0 Å². The summed E-state index contributed by atoms with van der Waals surface area (Å²) in [4.78, 5) is 0. The zero-order valence-corrected chi connectivity index (χ0v) is 10.9. The van der Waals surface area contributed by atoms with Crippen LogP contribution in [-0.4, -0.2) is 6.10 Å². The summed E-state index contributed by atoms with van der Waals surface area (Å²) in [5.41, 5.74) is 7.05. The van der Waals surface area contributed by atoms with Crippen molar-refractivity contribution in [3.05, 3.63) is 54.6 Å². The van der Waals surface area contributed by atoms with Crippen LogP contribution in [0.15, 0.2) is 49.1 Å². The average Bonchev–Trinajstić information content (AvgIpc) is 2.38. The number of benzene rings is 2. The smallest absolute Gasteiger partial charge is 0.132 e. The van der Waals surface area contributed by atoms with Crippen LogP contribution in [0.5, 0.6) is 5.75 Å². The fraction of sp³-hybridized carbons (Fsp3) is 0.250. The molecule has 0 saturated heterocycles. The first-order valence-corrected chi connectivity index (χ1v) is 6.20. The fourth-order valence-corrected chi connectivity index (χ4v) is 1.98. The summed E-state index contributed by atoms with van der Waals surface area (Å²) >= 11 is 0. The zero-order valence-electron chi connectivity index (χ0n) is 10.9. The van der Waals surface area contributed by atoms with Crippen molar-refractivity contribution in [1.82, 2.24) is 0 Å². The van der Waals surface area contributed by atoms with E-state index in [4.69, 9.17) is 10.5 Å². The molecule has 0 saturated carbocycles. The highest BCUT2D eigenvalue weighted by atomic mass is 16.5. The molecule has 2 atom stereocenters. The van der Waals surface area contributed by atoms with Crippen LogP contribution in [0.2, 0.25) is 0 Å².